The third-order valence-corrected chi connectivity index (χ3v) is 4.03. The minimum atomic E-state index is -1.07. The van der Waals surface area contributed by atoms with E-state index in [4.69, 9.17) is 18.9 Å². The van der Waals surface area contributed by atoms with Crippen molar-refractivity contribution in [3.63, 3.8) is 0 Å². The minimum Gasteiger partial charge on any atom is -0.497 e. The van der Waals surface area contributed by atoms with E-state index in [1.165, 1.54) is 19.1 Å². The number of ether oxygens (including phenoxy) is 4. The summed E-state index contributed by atoms with van der Waals surface area (Å²) in [5, 5.41) is 0. The van der Waals surface area contributed by atoms with E-state index < -0.39 is 23.7 Å². The van der Waals surface area contributed by atoms with Crippen LogP contribution in [0.3, 0.4) is 0 Å². The normalized spacial score (nSPS) is 11.9. The number of amides is 1. The number of carbonyl (C=O) groups excluding carboxylic acids is 2. The summed E-state index contributed by atoms with van der Waals surface area (Å²) < 4.78 is 21.1. The number of benzene rings is 2. The van der Waals surface area contributed by atoms with Crippen LogP contribution in [0.25, 0.3) is 0 Å². The highest BCUT2D eigenvalue weighted by molar-refractivity contribution is 5.96. The Balaban J connectivity index is 2.61. The number of hydrogen-bond acceptors (Lipinski definition) is 6. The van der Waals surface area contributed by atoms with Gasteiger partial charge in [-0.3, -0.25) is 4.90 Å². The number of anilines is 1. The lowest BCUT2D eigenvalue weighted by atomic mass is 10.0. The van der Waals surface area contributed by atoms with E-state index in [2.05, 4.69) is 0 Å². The first-order chi connectivity index (χ1) is 13.7. The Labute approximate surface area is 171 Å². The summed E-state index contributed by atoms with van der Waals surface area (Å²) >= 11 is 0. The van der Waals surface area contributed by atoms with Crippen molar-refractivity contribution in [1.29, 1.82) is 0 Å². The lowest BCUT2D eigenvalue weighted by Gasteiger charge is -2.32. The molecular formula is C22H27NO6. The monoisotopic (exact) mass is 401 g/mol. The van der Waals surface area contributed by atoms with Crippen LogP contribution >= 0.6 is 0 Å². The molecule has 1 amide bonds. The molecule has 0 spiro atoms. The zero-order valence-corrected chi connectivity index (χ0v) is 17.6. The van der Waals surface area contributed by atoms with Crippen LogP contribution in [0.1, 0.15) is 32.4 Å². The Morgan fingerprint density at radius 2 is 1.52 bits per heavy atom. The quantitative estimate of drug-likeness (QED) is 0.670. The van der Waals surface area contributed by atoms with Crippen molar-refractivity contribution in [3.05, 3.63) is 54.1 Å². The van der Waals surface area contributed by atoms with E-state index in [9.17, 15) is 9.59 Å². The number of esters is 1. The van der Waals surface area contributed by atoms with E-state index in [1.807, 2.05) is 0 Å². The van der Waals surface area contributed by atoms with Crippen LogP contribution in [0.5, 0.6) is 11.5 Å². The van der Waals surface area contributed by atoms with Gasteiger partial charge in [0.25, 0.3) is 0 Å². The maximum Gasteiger partial charge on any atom is 0.415 e. The fourth-order valence-electron chi connectivity index (χ4n) is 2.73. The number of carbonyl (C=O) groups is 2. The number of methoxy groups -OCH3 is 3. The van der Waals surface area contributed by atoms with Crippen LogP contribution in [0.15, 0.2) is 48.5 Å². The average Bonchev–Trinajstić information content (AvgIpc) is 2.70. The Morgan fingerprint density at radius 1 is 0.897 bits per heavy atom. The Morgan fingerprint density at radius 3 is 2.03 bits per heavy atom. The van der Waals surface area contributed by atoms with Crippen molar-refractivity contribution in [1.82, 2.24) is 0 Å². The molecule has 29 heavy (non-hydrogen) atoms. The first kappa shape index (κ1) is 22.1. The van der Waals surface area contributed by atoms with Crippen LogP contribution in [0, 0.1) is 0 Å². The standard InChI is InChI=1S/C22H27NO6/c1-22(2,3)29-21(25)23(16-10-12-17(26-4)13-11-16)19(20(24)28-6)15-8-7-9-18(14-15)27-5/h7-14,19H,1-6H3/t19-/m1/s1. The SMILES string of the molecule is COC(=O)[C@@H](c1cccc(OC)c1)N(C(=O)OC(C)(C)C)c1ccc(OC)cc1. The molecule has 0 unspecified atom stereocenters. The third kappa shape index (κ3) is 5.63. The van der Waals surface area contributed by atoms with Crippen molar-refractivity contribution in [2.45, 2.75) is 32.4 Å². The van der Waals surface area contributed by atoms with E-state index in [1.54, 1.807) is 76.4 Å². The molecule has 0 saturated heterocycles. The van der Waals surface area contributed by atoms with Gasteiger partial charge in [-0.05, 0) is 62.7 Å². The summed E-state index contributed by atoms with van der Waals surface area (Å²) in [5.41, 5.74) is 0.229. The largest absolute Gasteiger partial charge is 0.497 e. The van der Waals surface area contributed by atoms with Crippen molar-refractivity contribution < 1.29 is 28.5 Å². The molecule has 0 N–H and O–H groups in total. The van der Waals surface area contributed by atoms with Crippen LogP contribution in [-0.4, -0.2) is 39.0 Å². The summed E-state index contributed by atoms with van der Waals surface area (Å²) in [6.45, 7) is 5.28. The zero-order chi connectivity index (χ0) is 21.6. The number of nitrogens with zero attached hydrogens (tertiary/aromatic N) is 1. The second-order valence-corrected chi connectivity index (χ2v) is 7.25. The summed E-state index contributed by atoms with van der Waals surface area (Å²) in [6.07, 6.45) is -0.680. The van der Waals surface area contributed by atoms with Crippen molar-refractivity contribution >= 4 is 17.7 Å². The molecule has 0 radical (unpaired) electrons. The molecule has 7 nitrogen and oxygen atoms in total. The molecule has 0 bridgehead atoms. The topological polar surface area (TPSA) is 74.3 Å². The van der Waals surface area contributed by atoms with Crippen LogP contribution in [-0.2, 0) is 14.3 Å². The number of hydrogen-bond donors (Lipinski definition) is 0. The predicted octanol–water partition coefficient (Wildman–Crippen LogP) is 4.36. The zero-order valence-electron chi connectivity index (χ0n) is 17.6. The third-order valence-electron chi connectivity index (χ3n) is 4.03. The molecule has 0 aliphatic heterocycles. The Kier molecular flexibility index (Phi) is 7.09. The summed E-state index contributed by atoms with van der Waals surface area (Å²) in [6, 6.07) is 12.6. The van der Waals surface area contributed by atoms with Gasteiger partial charge in [0, 0.05) is 5.69 Å². The van der Waals surface area contributed by atoms with Crippen LogP contribution in [0.2, 0.25) is 0 Å². The molecule has 0 aromatic heterocycles. The maximum atomic E-state index is 13.1. The van der Waals surface area contributed by atoms with Gasteiger partial charge < -0.3 is 18.9 Å². The van der Waals surface area contributed by atoms with Gasteiger partial charge in [0.1, 0.15) is 17.1 Å². The average molecular weight is 401 g/mol. The molecule has 2 aromatic rings. The fraction of sp³-hybridized carbons (Fsp3) is 0.364. The van der Waals surface area contributed by atoms with Gasteiger partial charge in [0.05, 0.1) is 21.3 Å². The predicted molar refractivity (Wildman–Crippen MR) is 109 cm³/mol. The van der Waals surface area contributed by atoms with Gasteiger partial charge in [-0.1, -0.05) is 12.1 Å². The van der Waals surface area contributed by atoms with E-state index in [-0.39, 0.29) is 0 Å². The summed E-state index contributed by atoms with van der Waals surface area (Å²) in [4.78, 5) is 27.2. The highest BCUT2D eigenvalue weighted by atomic mass is 16.6. The van der Waals surface area contributed by atoms with Crippen LogP contribution in [0.4, 0.5) is 10.5 Å². The van der Waals surface area contributed by atoms with E-state index >= 15 is 0 Å². The molecule has 0 aliphatic rings. The van der Waals surface area contributed by atoms with Crippen molar-refractivity contribution in [2.24, 2.45) is 0 Å². The van der Waals surface area contributed by atoms with E-state index in [0.29, 0.717) is 22.7 Å². The first-order valence-electron chi connectivity index (χ1n) is 9.08. The molecule has 7 heteroatoms. The van der Waals surface area contributed by atoms with Crippen molar-refractivity contribution in [2.75, 3.05) is 26.2 Å². The molecule has 2 rings (SSSR count). The molecule has 0 heterocycles. The molecule has 2 aromatic carbocycles. The highest BCUT2D eigenvalue weighted by Gasteiger charge is 2.36. The van der Waals surface area contributed by atoms with Gasteiger partial charge in [0.2, 0.25) is 0 Å². The summed E-state index contributed by atoms with van der Waals surface area (Å²) in [5.74, 6) is 0.559. The number of rotatable bonds is 6. The van der Waals surface area contributed by atoms with Crippen LogP contribution < -0.4 is 14.4 Å². The maximum absolute atomic E-state index is 13.1. The minimum absolute atomic E-state index is 0.457. The molecular weight excluding hydrogens is 374 g/mol. The van der Waals surface area contributed by atoms with Gasteiger partial charge in [0.15, 0.2) is 6.04 Å². The van der Waals surface area contributed by atoms with Gasteiger partial charge in [-0.15, -0.1) is 0 Å². The fourth-order valence-corrected chi connectivity index (χ4v) is 2.73. The lowest BCUT2D eigenvalue weighted by molar-refractivity contribution is -0.142. The lowest BCUT2D eigenvalue weighted by Crippen LogP contribution is -2.42. The van der Waals surface area contributed by atoms with Gasteiger partial charge >= 0.3 is 12.1 Å². The molecule has 0 aliphatic carbocycles. The molecule has 156 valence electrons. The first-order valence-corrected chi connectivity index (χ1v) is 9.08. The van der Waals surface area contributed by atoms with E-state index in [0.717, 1.165) is 0 Å². The Hall–Kier alpha value is -3.22. The van der Waals surface area contributed by atoms with Crippen molar-refractivity contribution in [3.8, 4) is 11.5 Å². The second kappa shape index (κ2) is 9.32. The molecule has 0 fully saturated rings. The Bertz CT molecular complexity index is 841. The summed E-state index contributed by atoms with van der Waals surface area (Å²) in [7, 11) is 4.35. The smallest absolute Gasteiger partial charge is 0.415 e. The molecule has 0 saturated carbocycles. The van der Waals surface area contributed by atoms with Gasteiger partial charge in [-0.2, -0.15) is 0 Å². The highest BCUT2D eigenvalue weighted by Crippen LogP contribution is 2.33. The van der Waals surface area contributed by atoms with Gasteiger partial charge in [-0.25, -0.2) is 9.59 Å². The molecule has 1 atom stereocenters. The second-order valence-electron chi connectivity index (χ2n) is 7.25.